The van der Waals surface area contributed by atoms with Gasteiger partial charge in [-0.2, -0.15) is 0 Å². The number of hydrogen-bond acceptors (Lipinski definition) is 1. The number of nitrogens with zero attached hydrogens (tertiary/aromatic N) is 1. The van der Waals surface area contributed by atoms with Crippen molar-refractivity contribution in [1.29, 1.82) is 0 Å². The molecule has 1 nitrogen and oxygen atoms in total. The fraction of sp³-hybridized carbons (Fsp3) is 0. The zero-order chi connectivity index (χ0) is 6.85. The number of aromatic nitrogens is 1. The summed E-state index contributed by atoms with van der Waals surface area (Å²) in [5.74, 6) is 0. The first-order valence-corrected chi connectivity index (χ1v) is 3.30. The average Bonchev–Trinajstić information content (AvgIpc) is 1.83. The molecule has 0 amide bonds. The average molecular weight is 206 g/mol. The van der Waals surface area contributed by atoms with E-state index in [1.54, 1.807) is 6.07 Å². The molecule has 0 radical (unpaired) electrons. The van der Waals surface area contributed by atoms with Crippen LogP contribution in [-0.4, -0.2) is 4.98 Å². The van der Waals surface area contributed by atoms with E-state index in [0.29, 0.717) is 10.0 Å². The predicted molar refractivity (Wildman–Crippen MR) is 40.4 cm³/mol. The molecule has 0 N–H and O–H groups in total. The Labute approximate surface area is 97.5 Å². The summed E-state index contributed by atoms with van der Waals surface area (Å²) >= 11 is 16.6. The van der Waals surface area contributed by atoms with E-state index < -0.39 is 0 Å². The Morgan fingerprint density at radius 2 is 1.90 bits per heavy atom. The number of pyridine rings is 1. The molecule has 0 aliphatic rings. The summed E-state index contributed by atoms with van der Waals surface area (Å²) in [7, 11) is 0. The quantitative estimate of drug-likeness (QED) is 0.435. The van der Waals surface area contributed by atoms with Crippen LogP contribution < -0.4 is 29.6 Å². The molecule has 0 aliphatic heterocycles. The van der Waals surface area contributed by atoms with Crippen molar-refractivity contribution in [1.82, 2.24) is 4.98 Å². The molecule has 5 heteroatoms. The standard InChI is InChI=1S/C5H2Cl3N.Na.H/c6-3-1-2-9-5(8)4(3)7;;/h1-2H;;/q;+1;-1. The van der Waals surface area contributed by atoms with E-state index >= 15 is 0 Å². The third-order valence-corrected chi connectivity index (χ3v) is 1.98. The molecule has 1 heterocycles. The van der Waals surface area contributed by atoms with Crippen LogP contribution in [-0.2, 0) is 0 Å². The molecule has 1 aromatic rings. The minimum atomic E-state index is 0. The molecule has 1 aromatic heterocycles. The van der Waals surface area contributed by atoms with Crippen LogP contribution >= 0.6 is 34.8 Å². The van der Waals surface area contributed by atoms with E-state index in [9.17, 15) is 0 Å². The van der Waals surface area contributed by atoms with Gasteiger partial charge in [-0.15, -0.1) is 0 Å². The summed E-state index contributed by atoms with van der Waals surface area (Å²) in [6.45, 7) is 0. The summed E-state index contributed by atoms with van der Waals surface area (Å²) in [5, 5.41) is 0.974. The molecule has 0 unspecified atom stereocenters. The van der Waals surface area contributed by atoms with E-state index in [4.69, 9.17) is 34.8 Å². The van der Waals surface area contributed by atoms with Gasteiger partial charge in [0.05, 0.1) is 10.0 Å². The van der Waals surface area contributed by atoms with Crippen LogP contribution in [0.3, 0.4) is 0 Å². The topological polar surface area (TPSA) is 12.9 Å². The van der Waals surface area contributed by atoms with Crippen molar-refractivity contribution >= 4 is 34.8 Å². The maximum atomic E-state index is 5.56. The van der Waals surface area contributed by atoms with E-state index in [0.717, 1.165) is 0 Å². The van der Waals surface area contributed by atoms with Gasteiger partial charge in [-0.3, -0.25) is 0 Å². The molecular formula is C5H3Cl3NNa. The van der Waals surface area contributed by atoms with E-state index in [2.05, 4.69) is 4.98 Å². The molecular weight excluding hydrogens is 203 g/mol. The Morgan fingerprint density at radius 1 is 1.30 bits per heavy atom. The maximum absolute atomic E-state index is 5.56. The van der Waals surface area contributed by atoms with Crippen molar-refractivity contribution in [2.75, 3.05) is 0 Å². The van der Waals surface area contributed by atoms with E-state index in [1.165, 1.54) is 6.20 Å². The largest absolute Gasteiger partial charge is 1.00 e. The summed E-state index contributed by atoms with van der Waals surface area (Å²) in [6.07, 6.45) is 1.50. The molecule has 10 heavy (non-hydrogen) atoms. The van der Waals surface area contributed by atoms with Crippen LogP contribution in [0.1, 0.15) is 1.43 Å². The second-order valence-corrected chi connectivity index (χ2v) is 2.54. The second kappa shape index (κ2) is 4.81. The fourth-order valence-corrected chi connectivity index (χ4v) is 0.861. The maximum Gasteiger partial charge on any atom is 1.00 e. The van der Waals surface area contributed by atoms with Crippen molar-refractivity contribution in [2.24, 2.45) is 0 Å². The molecule has 0 saturated heterocycles. The van der Waals surface area contributed by atoms with Gasteiger partial charge < -0.3 is 1.43 Å². The monoisotopic (exact) mass is 205 g/mol. The normalized spacial score (nSPS) is 8.70. The molecule has 0 aliphatic carbocycles. The predicted octanol–water partition coefficient (Wildman–Crippen LogP) is 0.158. The van der Waals surface area contributed by atoms with E-state index in [-0.39, 0.29) is 36.1 Å². The Balaban J connectivity index is 0. The zero-order valence-electron chi connectivity index (χ0n) is 6.24. The smallest absolute Gasteiger partial charge is 1.00 e. The van der Waals surface area contributed by atoms with Crippen LogP contribution in [0.2, 0.25) is 15.2 Å². The second-order valence-electron chi connectivity index (χ2n) is 1.40. The van der Waals surface area contributed by atoms with Crippen molar-refractivity contribution in [2.45, 2.75) is 0 Å². The molecule has 1 rings (SSSR count). The first kappa shape index (κ1) is 11.0. The molecule has 0 atom stereocenters. The van der Waals surface area contributed by atoms with Crippen molar-refractivity contribution in [3.05, 3.63) is 27.5 Å². The van der Waals surface area contributed by atoms with Crippen LogP contribution in [0.4, 0.5) is 0 Å². The third-order valence-electron chi connectivity index (χ3n) is 0.800. The van der Waals surface area contributed by atoms with Crippen LogP contribution in [0.15, 0.2) is 12.3 Å². The Kier molecular flexibility index (Phi) is 5.30. The Bertz CT molecular complexity index is 213. The van der Waals surface area contributed by atoms with E-state index in [1.807, 2.05) is 0 Å². The Morgan fingerprint density at radius 3 is 2.30 bits per heavy atom. The van der Waals surface area contributed by atoms with Crippen LogP contribution in [0.25, 0.3) is 0 Å². The molecule has 0 aromatic carbocycles. The Hall–Kier alpha value is 1.02. The van der Waals surface area contributed by atoms with Gasteiger partial charge in [0, 0.05) is 6.20 Å². The summed E-state index contributed by atoms with van der Waals surface area (Å²) in [6, 6.07) is 1.58. The van der Waals surface area contributed by atoms with Gasteiger partial charge in [0.1, 0.15) is 5.15 Å². The minimum absolute atomic E-state index is 0. The number of hydrogen-bond donors (Lipinski definition) is 0. The SMILES string of the molecule is Clc1ccnc(Cl)c1Cl.[H-].[Na+]. The fourth-order valence-electron chi connectivity index (χ4n) is 0.397. The summed E-state index contributed by atoms with van der Waals surface area (Å²) in [4.78, 5) is 3.69. The zero-order valence-corrected chi connectivity index (χ0v) is 9.50. The molecule has 0 fully saturated rings. The number of rotatable bonds is 0. The minimum Gasteiger partial charge on any atom is -1.00 e. The summed E-state index contributed by atoms with van der Waals surface area (Å²) in [5.41, 5.74) is 0. The molecule has 0 bridgehead atoms. The number of halogens is 3. The molecule has 0 spiro atoms. The van der Waals surface area contributed by atoms with Crippen molar-refractivity contribution < 1.29 is 31.0 Å². The first-order chi connectivity index (χ1) is 4.22. The van der Waals surface area contributed by atoms with Gasteiger partial charge in [-0.05, 0) is 6.07 Å². The van der Waals surface area contributed by atoms with Crippen molar-refractivity contribution in [3.63, 3.8) is 0 Å². The van der Waals surface area contributed by atoms with Gasteiger partial charge in [0.2, 0.25) is 0 Å². The van der Waals surface area contributed by atoms with Gasteiger partial charge in [-0.1, -0.05) is 34.8 Å². The molecule has 0 saturated carbocycles. The van der Waals surface area contributed by atoms with Gasteiger partial charge >= 0.3 is 29.6 Å². The van der Waals surface area contributed by atoms with Gasteiger partial charge in [0.25, 0.3) is 0 Å². The van der Waals surface area contributed by atoms with Gasteiger partial charge in [0.15, 0.2) is 0 Å². The summed E-state index contributed by atoms with van der Waals surface area (Å²) < 4.78 is 0. The van der Waals surface area contributed by atoms with Crippen LogP contribution in [0, 0.1) is 0 Å². The first-order valence-electron chi connectivity index (χ1n) is 2.17. The third kappa shape index (κ3) is 2.57. The molecule has 50 valence electrons. The van der Waals surface area contributed by atoms with Crippen LogP contribution in [0.5, 0.6) is 0 Å². The van der Waals surface area contributed by atoms with Crippen molar-refractivity contribution in [3.8, 4) is 0 Å². The van der Waals surface area contributed by atoms with Gasteiger partial charge in [-0.25, -0.2) is 4.98 Å².